The average molecular weight is 253 g/mol. The van der Waals surface area contributed by atoms with Gasteiger partial charge >= 0.3 is 0 Å². The van der Waals surface area contributed by atoms with E-state index in [9.17, 15) is 0 Å². The summed E-state index contributed by atoms with van der Waals surface area (Å²) in [5, 5.41) is 0. The van der Waals surface area contributed by atoms with Gasteiger partial charge in [0.1, 0.15) is 5.75 Å². The number of hydrogen-bond donors (Lipinski definition) is 0. The number of rotatable bonds is 2. The smallest absolute Gasteiger partial charge is 0.123 e. The number of fused-ring (bicyclic) bond motifs is 1. The van der Waals surface area contributed by atoms with Gasteiger partial charge in [-0.2, -0.15) is 0 Å². The van der Waals surface area contributed by atoms with E-state index in [1.165, 1.54) is 16.7 Å². The number of benzene rings is 2. The van der Waals surface area contributed by atoms with Gasteiger partial charge in [0.25, 0.3) is 0 Å². The summed E-state index contributed by atoms with van der Waals surface area (Å²) >= 11 is 0. The molecule has 2 aromatic rings. The fraction of sp³-hybridized carbons (Fsp3) is 0.294. The maximum Gasteiger partial charge on any atom is 0.123 e. The van der Waals surface area contributed by atoms with Gasteiger partial charge in [0.15, 0.2) is 0 Å². The Bertz CT molecular complexity index is 565. The molecular formula is C17H19NO. The van der Waals surface area contributed by atoms with Crippen molar-refractivity contribution < 1.29 is 4.74 Å². The van der Waals surface area contributed by atoms with Crippen LogP contribution < -0.4 is 4.74 Å². The van der Waals surface area contributed by atoms with Gasteiger partial charge in [-0.1, -0.05) is 42.5 Å². The Kier molecular flexibility index (Phi) is 3.26. The zero-order chi connectivity index (χ0) is 13.2. The summed E-state index contributed by atoms with van der Waals surface area (Å²) < 4.78 is 5.58. The first-order valence-electron chi connectivity index (χ1n) is 6.69. The molecule has 19 heavy (non-hydrogen) atoms. The fourth-order valence-electron chi connectivity index (χ4n) is 3.02. The van der Waals surface area contributed by atoms with Crippen molar-refractivity contribution in [2.24, 2.45) is 0 Å². The van der Waals surface area contributed by atoms with Crippen molar-refractivity contribution in [3.05, 3.63) is 65.2 Å². The summed E-state index contributed by atoms with van der Waals surface area (Å²) in [6, 6.07) is 17.1. The summed E-state index contributed by atoms with van der Waals surface area (Å²) in [7, 11) is 3.94. The van der Waals surface area contributed by atoms with Crippen LogP contribution in [0, 0.1) is 0 Å². The van der Waals surface area contributed by atoms with Crippen LogP contribution in [0.15, 0.2) is 48.5 Å². The highest BCUT2D eigenvalue weighted by molar-refractivity contribution is 5.48. The molecule has 0 spiro atoms. The lowest BCUT2D eigenvalue weighted by Crippen LogP contribution is -2.31. The highest BCUT2D eigenvalue weighted by Crippen LogP contribution is 2.38. The molecule has 3 rings (SSSR count). The molecule has 2 aromatic carbocycles. The van der Waals surface area contributed by atoms with E-state index in [1.807, 2.05) is 0 Å². The van der Waals surface area contributed by atoms with Crippen molar-refractivity contribution in [1.29, 1.82) is 0 Å². The highest BCUT2D eigenvalue weighted by Gasteiger charge is 2.27. The molecule has 1 aliphatic rings. The lowest BCUT2D eigenvalue weighted by molar-refractivity contribution is 0.288. The van der Waals surface area contributed by atoms with Crippen molar-refractivity contribution in [3.63, 3.8) is 0 Å². The molecule has 1 heterocycles. The first-order valence-corrected chi connectivity index (χ1v) is 6.69. The zero-order valence-corrected chi connectivity index (χ0v) is 11.5. The maximum atomic E-state index is 5.58. The molecule has 0 amide bonds. The van der Waals surface area contributed by atoms with Crippen LogP contribution in [0.3, 0.4) is 0 Å². The first kappa shape index (κ1) is 12.2. The molecule has 0 radical (unpaired) electrons. The minimum absolute atomic E-state index is 0.395. The van der Waals surface area contributed by atoms with E-state index in [0.717, 1.165) is 18.8 Å². The van der Waals surface area contributed by atoms with E-state index >= 15 is 0 Å². The Hall–Kier alpha value is -1.80. The highest BCUT2D eigenvalue weighted by atomic mass is 16.5. The maximum absolute atomic E-state index is 5.58. The summed E-state index contributed by atoms with van der Waals surface area (Å²) in [6.45, 7) is 2.03. The minimum Gasteiger partial charge on any atom is -0.496 e. The Balaban J connectivity index is 2.13. The van der Waals surface area contributed by atoms with E-state index < -0.39 is 0 Å². The van der Waals surface area contributed by atoms with Gasteiger partial charge in [0, 0.05) is 24.6 Å². The van der Waals surface area contributed by atoms with Gasteiger partial charge < -0.3 is 9.64 Å². The van der Waals surface area contributed by atoms with Crippen LogP contribution >= 0.6 is 0 Å². The molecule has 2 nitrogen and oxygen atoms in total. The second kappa shape index (κ2) is 5.06. The Labute approximate surface area is 114 Å². The lowest BCUT2D eigenvalue weighted by atomic mass is 9.84. The topological polar surface area (TPSA) is 12.5 Å². The summed E-state index contributed by atoms with van der Waals surface area (Å²) in [4.78, 5) is 2.37. The molecular weight excluding hydrogens is 234 g/mol. The van der Waals surface area contributed by atoms with Crippen molar-refractivity contribution in [3.8, 4) is 5.75 Å². The third-order valence-corrected chi connectivity index (χ3v) is 3.86. The van der Waals surface area contributed by atoms with Crippen LogP contribution in [0.2, 0.25) is 0 Å². The Morgan fingerprint density at radius 2 is 1.84 bits per heavy atom. The van der Waals surface area contributed by atoms with Crippen molar-refractivity contribution in [1.82, 2.24) is 4.90 Å². The van der Waals surface area contributed by atoms with Crippen molar-refractivity contribution >= 4 is 0 Å². The van der Waals surface area contributed by atoms with E-state index in [-0.39, 0.29) is 0 Å². The third-order valence-electron chi connectivity index (χ3n) is 3.86. The molecule has 0 fully saturated rings. The SMILES string of the molecule is COc1cccc2c1[C@@H](c1ccccc1)CN(C)C2. The van der Waals surface area contributed by atoms with E-state index in [4.69, 9.17) is 4.74 Å². The summed E-state index contributed by atoms with van der Waals surface area (Å²) in [6.07, 6.45) is 0. The van der Waals surface area contributed by atoms with Gasteiger partial charge in [-0.3, -0.25) is 0 Å². The first-order chi connectivity index (χ1) is 9.29. The zero-order valence-electron chi connectivity index (χ0n) is 11.5. The molecule has 0 saturated carbocycles. The van der Waals surface area contributed by atoms with E-state index in [1.54, 1.807) is 7.11 Å². The molecule has 0 saturated heterocycles. The van der Waals surface area contributed by atoms with Crippen LogP contribution in [0.4, 0.5) is 0 Å². The largest absolute Gasteiger partial charge is 0.496 e. The van der Waals surface area contributed by atoms with Crippen LogP contribution in [-0.4, -0.2) is 25.6 Å². The molecule has 1 aliphatic heterocycles. The number of hydrogen-bond acceptors (Lipinski definition) is 2. The Morgan fingerprint density at radius 1 is 1.05 bits per heavy atom. The molecule has 1 atom stereocenters. The quantitative estimate of drug-likeness (QED) is 0.814. The van der Waals surface area contributed by atoms with E-state index in [0.29, 0.717) is 5.92 Å². The number of nitrogens with zero attached hydrogens (tertiary/aromatic N) is 1. The molecule has 0 aliphatic carbocycles. The van der Waals surface area contributed by atoms with Gasteiger partial charge in [0.2, 0.25) is 0 Å². The fourth-order valence-corrected chi connectivity index (χ4v) is 3.02. The van der Waals surface area contributed by atoms with Crippen LogP contribution in [0.25, 0.3) is 0 Å². The van der Waals surface area contributed by atoms with Gasteiger partial charge in [0.05, 0.1) is 7.11 Å². The molecule has 0 aromatic heterocycles. The number of ether oxygens (including phenoxy) is 1. The van der Waals surface area contributed by atoms with Crippen molar-refractivity contribution in [2.75, 3.05) is 20.7 Å². The standard InChI is InChI=1S/C17H19NO/c1-18-11-14-9-6-10-16(19-2)17(14)15(12-18)13-7-4-3-5-8-13/h3-10,15H,11-12H2,1-2H3/t15-/m1/s1. The predicted octanol–water partition coefficient (Wildman–Crippen LogP) is 3.27. The predicted molar refractivity (Wildman–Crippen MR) is 77.6 cm³/mol. The van der Waals surface area contributed by atoms with Gasteiger partial charge in [-0.15, -0.1) is 0 Å². The van der Waals surface area contributed by atoms with Crippen LogP contribution in [-0.2, 0) is 6.54 Å². The second-order valence-corrected chi connectivity index (χ2v) is 5.19. The summed E-state index contributed by atoms with van der Waals surface area (Å²) in [5.74, 6) is 1.41. The van der Waals surface area contributed by atoms with Crippen molar-refractivity contribution in [2.45, 2.75) is 12.5 Å². The average Bonchev–Trinajstić information content (AvgIpc) is 2.46. The molecule has 0 unspecified atom stereocenters. The molecule has 0 bridgehead atoms. The van der Waals surface area contributed by atoms with Crippen LogP contribution in [0.5, 0.6) is 5.75 Å². The lowest BCUT2D eigenvalue weighted by Gasteiger charge is -2.33. The monoisotopic (exact) mass is 253 g/mol. The Morgan fingerprint density at radius 3 is 2.58 bits per heavy atom. The second-order valence-electron chi connectivity index (χ2n) is 5.19. The number of methoxy groups -OCH3 is 1. The van der Waals surface area contributed by atoms with E-state index in [2.05, 4.69) is 60.5 Å². The molecule has 98 valence electrons. The third kappa shape index (κ3) is 2.24. The normalized spacial score (nSPS) is 18.9. The van der Waals surface area contributed by atoms with Gasteiger partial charge in [-0.05, 0) is 24.2 Å². The number of likely N-dealkylation sites (N-methyl/N-ethyl adjacent to an activating group) is 1. The molecule has 2 heteroatoms. The summed E-state index contributed by atoms with van der Waals surface area (Å²) in [5.41, 5.74) is 4.09. The van der Waals surface area contributed by atoms with Gasteiger partial charge in [-0.25, -0.2) is 0 Å². The molecule has 0 N–H and O–H groups in total. The minimum atomic E-state index is 0.395. The van der Waals surface area contributed by atoms with Crippen LogP contribution in [0.1, 0.15) is 22.6 Å².